The summed E-state index contributed by atoms with van der Waals surface area (Å²) in [6.07, 6.45) is 4.58. The standard InChI is InChI=1S/C19H26ClN3O2/c1-14(24)22-9-11-23(12-10-22)18(15-5-2-3-6-15)19(25)21-17-8-4-7-16(20)13-17/h4,7-8,13,15,18H,2-3,5-6,9-12H2,1H3,(H,21,25). The Morgan fingerprint density at radius 1 is 1.16 bits per heavy atom. The lowest BCUT2D eigenvalue weighted by Crippen LogP contribution is -2.56. The van der Waals surface area contributed by atoms with Gasteiger partial charge in [-0.25, -0.2) is 0 Å². The minimum Gasteiger partial charge on any atom is -0.340 e. The molecule has 1 saturated carbocycles. The molecular formula is C19H26ClN3O2. The molecular weight excluding hydrogens is 338 g/mol. The molecule has 0 bridgehead atoms. The molecule has 6 heteroatoms. The molecule has 1 saturated heterocycles. The molecule has 25 heavy (non-hydrogen) atoms. The number of rotatable bonds is 4. The minimum absolute atomic E-state index is 0.0467. The van der Waals surface area contributed by atoms with E-state index in [-0.39, 0.29) is 17.9 Å². The van der Waals surface area contributed by atoms with Gasteiger partial charge in [-0.15, -0.1) is 0 Å². The number of hydrogen-bond donors (Lipinski definition) is 1. The summed E-state index contributed by atoms with van der Waals surface area (Å²) < 4.78 is 0. The number of nitrogens with zero attached hydrogens (tertiary/aromatic N) is 2. The molecule has 0 radical (unpaired) electrons. The molecule has 1 N–H and O–H groups in total. The number of nitrogens with one attached hydrogen (secondary N) is 1. The maximum atomic E-state index is 13.0. The van der Waals surface area contributed by atoms with Crippen LogP contribution in [0.3, 0.4) is 0 Å². The lowest BCUT2D eigenvalue weighted by molar-refractivity contribution is -0.132. The van der Waals surface area contributed by atoms with Crippen LogP contribution in [0.2, 0.25) is 5.02 Å². The van der Waals surface area contributed by atoms with Crippen molar-refractivity contribution in [2.75, 3.05) is 31.5 Å². The quantitative estimate of drug-likeness (QED) is 0.894. The summed E-state index contributed by atoms with van der Waals surface area (Å²) in [5.74, 6) is 0.550. The van der Waals surface area contributed by atoms with Gasteiger partial charge in [0.1, 0.15) is 0 Å². The highest BCUT2D eigenvalue weighted by Gasteiger charge is 2.37. The van der Waals surface area contributed by atoms with Gasteiger partial charge in [-0.1, -0.05) is 30.5 Å². The Balaban J connectivity index is 1.71. The van der Waals surface area contributed by atoms with Gasteiger partial charge in [0.15, 0.2) is 0 Å². The van der Waals surface area contributed by atoms with Crippen LogP contribution < -0.4 is 5.32 Å². The van der Waals surface area contributed by atoms with Crippen molar-refractivity contribution >= 4 is 29.1 Å². The van der Waals surface area contributed by atoms with Crippen LogP contribution in [0.25, 0.3) is 0 Å². The fourth-order valence-electron chi connectivity index (χ4n) is 4.05. The summed E-state index contributed by atoms with van der Waals surface area (Å²) in [5.41, 5.74) is 0.739. The van der Waals surface area contributed by atoms with Crippen LogP contribution in [0.5, 0.6) is 0 Å². The monoisotopic (exact) mass is 363 g/mol. The third kappa shape index (κ3) is 4.53. The first-order chi connectivity index (χ1) is 12.0. The summed E-state index contributed by atoms with van der Waals surface area (Å²) in [6, 6.07) is 7.15. The van der Waals surface area contributed by atoms with Crippen molar-refractivity contribution in [2.24, 2.45) is 5.92 Å². The molecule has 2 amide bonds. The maximum absolute atomic E-state index is 13.0. The highest BCUT2D eigenvalue weighted by atomic mass is 35.5. The number of benzene rings is 1. The number of hydrogen-bond acceptors (Lipinski definition) is 3. The van der Waals surface area contributed by atoms with Crippen LogP contribution in [0.1, 0.15) is 32.6 Å². The molecule has 1 aliphatic carbocycles. The highest BCUT2D eigenvalue weighted by molar-refractivity contribution is 6.30. The zero-order valence-corrected chi connectivity index (χ0v) is 15.5. The molecule has 1 unspecified atom stereocenters. The predicted octanol–water partition coefficient (Wildman–Crippen LogP) is 3.00. The average Bonchev–Trinajstić information content (AvgIpc) is 3.09. The van der Waals surface area contributed by atoms with E-state index in [1.165, 1.54) is 12.8 Å². The smallest absolute Gasteiger partial charge is 0.242 e. The molecule has 1 aliphatic heterocycles. The third-order valence-corrected chi connectivity index (χ3v) is 5.60. The molecule has 1 aromatic carbocycles. The number of carbonyl (C=O) groups is 2. The topological polar surface area (TPSA) is 52.7 Å². The van der Waals surface area contributed by atoms with Gasteiger partial charge in [0.2, 0.25) is 11.8 Å². The van der Waals surface area contributed by atoms with Gasteiger partial charge in [0.25, 0.3) is 0 Å². The van der Waals surface area contributed by atoms with Crippen LogP contribution >= 0.6 is 11.6 Å². The molecule has 2 fully saturated rings. The molecule has 1 heterocycles. The van der Waals surface area contributed by atoms with Crippen molar-refractivity contribution in [3.05, 3.63) is 29.3 Å². The Morgan fingerprint density at radius 3 is 2.44 bits per heavy atom. The maximum Gasteiger partial charge on any atom is 0.242 e. The molecule has 3 rings (SSSR count). The second-order valence-electron chi connectivity index (χ2n) is 7.03. The average molecular weight is 364 g/mol. The Bertz CT molecular complexity index is 623. The Labute approximate surface area is 154 Å². The first-order valence-electron chi connectivity index (χ1n) is 9.10. The van der Waals surface area contributed by atoms with Crippen LogP contribution in [0.15, 0.2) is 24.3 Å². The van der Waals surface area contributed by atoms with Crippen molar-refractivity contribution in [3.8, 4) is 0 Å². The van der Waals surface area contributed by atoms with E-state index in [9.17, 15) is 9.59 Å². The van der Waals surface area contributed by atoms with Crippen LogP contribution in [-0.4, -0.2) is 53.8 Å². The summed E-state index contributed by atoms with van der Waals surface area (Å²) in [5, 5.41) is 3.66. The van der Waals surface area contributed by atoms with Gasteiger partial charge in [-0.05, 0) is 37.0 Å². The third-order valence-electron chi connectivity index (χ3n) is 5.36. The first-order valence-corrected chi connectivity index (χ1v) is 9.48. The minimum atomic E-state index is -0.129. The highest BCUT2D eigenvalue weighted by Crippen LogP contribution is 2.31. The lowest BCUT2D eigenvalue weighted by Gasteiger charge is -2.40. The van der Waals surface area contributed by atoms with Crippen LogP contribution in [0.4, 0.5) is 5.69 Å². The van der Waals surface area contributed by atoms with E-state index in [4.69, 9.17) is 11.6 Å². The largest absolute Gasteiger partial charge is 0.340 e. The van der Waals surface area contributed by atoms with Crippen molar-refractivity contribution in [3.63, 3.8) is 0 Å². The molecule has 1 atom stereocenters. The van der Waals surface area contributed by atoms with Gasteiger partial charge in [0, 0.05) is 43.8 Å². The van der Waals surface area contributed by atoms with Crippen molar-refractivity contribution < 1.29 is 9.59 Å². The SMILES string of the molecule is CC(=O)N1CCN(C(C(=O)Nc2cccc(Cl)c2)C2CCCC2)CC1. The Kier molecular flexibility index (Phi) is 5.97. The van der Waals surface area contributed by atoms with E-state index < -0.39 is 0 Å². The summed E-state index contributed by atoms with van der Waals surface area (Å²) in [4.78, 5) is 28.7. The number of carbonyl (C=O) groups excluding carboxylic acids is 2. The number of amides is 2. The van der Waals surface area contributed by atoms with E-state index in [0.717, 1.165) is 31.6 Å². The van der Waals surface area contributed by atoms with Gasteiger partial charge < -0.3 is 10.2 Å². The first kappa shape index (κ1) is 18.2. The van der Waals surface area contributed by atoms with E-state index in [1.54, 1.807) is 19.1 Å². The van der Waals surface area contributed by atoms with E-state index in [1.807, 2.05) is 17.0 Å². The van der Waals surface area contributed by atoms with Gasteiger partial charge in [-0.3, -0.25) is 14.5 Å². The second-order valence-corrected chi connectivity index (χ2v) is 7.47. The number of anilines is 1. The number of piperazine rings is 1. The zero-order chi connectivity index (χ0) is 17.8. The molecule has 1 aromatic rings. The second kappa shape index (κ2) is 8.19. The Hall–Kier alpha value is -1.59. The summed E-state index contributed by atoms with van der Waals surface area (Å²) in [6.45, 7) is 4.51. The summed E-state index contributed by atoms with van der Waals surface area (Å²) in [7, 11) is 0. The van der Waals surface area contributed by atoms with Crippen molar-refractivity contribution in [2.45, 2.75) is 38.6 Å². The summed E-state index contributed by atoms with van der Waals surface area (Å²) >= 11 is 6.03. The van der Waals surface area contributed by atoms with Crippen LogP contribution in [0, 0.1) is 5.92 Å². The van der Waals surface area contributed by atoms with E-state index in [2.05, 4.69) is 10.2 Å². The molecule has 136 valence electrons. The zero-order valence-electron chi connectivity index (χ0n) is 14.7. The predicted molar refractivity (Wildman–Crippen MR) is 99.7 cm³/mol. The van der Waals surface area contributed by atoms with Crippen molar-refractivity contribution in [1.29, 1.82) is 0 Å². The van der Waals surface area contributed by atoms with Crippen LogP contribution in [-0.2, 0) is 9.59 Å². The molecule has 5 nitrogen and oxygen atoms in total. The normalized spacial score (nSPS) is 20.5. The molecule has 2 aliphatic rings. The van der Waals surface area contributed by atoms with Gasteiger partial charge in [-0.2, -0.15) is 0 Å². The van der Waals surface area contributed by atoms with Crippen molar-refractivity contribution in [1.82, 2.24) is 9.80 Å². The molecule has 0 spiro atoms. The molecule has 0 aromatic heterocycles. The van der Waals surface area contributed by atoms with Gasteiger partial charge in [0.05, 0.1) is 6.04 Å². The van der Waals surface area contributed by atoms with Gasteiger partial charge >= 0.3 is 0 Å². The fourth-order valence-corrected chi connectivity index (χ4v) is 4.24. The van der Waals surface area contributed by atoms with E-state index >= 15 is 0 Å². The lowest BCUT2D eigenvalue weighted by atomic mass is 9.95. The van der Waals surface area contributed by atoms with E-state index in [0.29, 0.717) is 24.0 Å². The fraction of sp³-hybridized carbons (Fsp3) is 0.579. The number of halogens is 1. The Morgan fingerprint density at radius 2 is 1.84 bits per heavy atom.